The number of piperidine rings is 1. The molecule has 1 aromatic rings. The zero-order valence-corrected chi connectivity index (χ0v) is 11.9. The number of carbonyl (C=O) groups is 1. The molecule has 1 aromatic carbocycles. The molecular weight excluding hydrogens is 248 g/mol. The van der Waals surface area contributed by atoms with Crippen molar-refractivity contribution < 1.29 is 4.79 Å². The van der Waals surface area contributed by atoms with Gasteiger partial charge in [-0.1, -0.05) is 24.8 Å². The van der Waals surface area contributed by atoms with E-state index in [1.165, 1.54) is 12.8 Å². The summed E-state index contributed by atoms with van der Waals surface area (Å²) < 4.78 is 0. The lowest BCUT2D eigenvalue weighted by Gasteiger charge is -2.33. The number of rotatable bonds is 2. The zero-order chi connectivity index (χ0) is 14.0. The van der Waals surface area contributed by atoms with E-state index < -0.39 is 0 Å². The van der Waals surface area contributed by atoms with Gasteiger partial charge in [0.25, 0.3) is 5.91 Å². The maximum Gasteiger partial charge on any atom is 0.253 e. The molecule has 1 atom stereocenters. The van der Waals surface area contributed by atoms with Gasteiger partial charge in [-0.3, -0.25) is 4.79 Å². The minimum Gasteiger partial charge on any atom is -0.338 e. The van der Waals surface area contributed by atoms with Gasteiger partial charge in [0.2, 0.25) is 0 Å². The molecule has 0 aromatic heterocycles. The third-order valence-corrected chi connectivity index (χ3v) is 4.68. The summed E-state index contributed by atoms with van der Waals surface area (Å²) in [5.41, 5.74) is 2.17. The Morgan fingerprint density at radius 2 is 2.10 bits per heavy atom. The predicted molar refractivity (Wildman–Crippen MR) is 81.6 cm³/mol. The van der Waals surface area contributed by atoms with Crippen molar-refractivity contribution in [3.63, 3.8) is 0 Å². The molecule has 2 fully saturated rings. The van der Waals surface area contributed by atoms with E-state index in [9.17, 15) is 4.79 Å². The molecule has 3 heteroatoms. The first-order valence-corrected chi connectivity index (χ1v) is 7.45. The first-order chi connectivity index (χ1) is 9.72. The lowest BCUT2D eigenvalue weighted by Crippen LogP contribution is -2.42. The number of carbonyl (C=O) groups excluding carboxylic acids is 1. The van der Waals surface area contributed by atoms with E-state index in [4.69, 9.17) is 0 Å². The predicted octanol–water partition coefficient (Wildman–Crippen LogP) is 2.55. The summed E-state index contributed by atoms with van der Waals surface area (Å²) in [5.74, 6) is 0.170. The first kappa shape index (κ1) is 13.4. The van der Waals surface area contributed by atoms with Crippen molar-refractivity contribution in [3.05, 3.63) is 42.0 Å². The summed E-state index contributed by atoms with van der Waals surface area (Å²) in [6, 6.07) is 7.72. The summed E-state index contributed by atoms with van der Waals surface area (Å²) in [5, 5.41) is 3.48. The number of amides is 1. The fraction of sp³-hybridized carbons (Fsp3) is 0.471. The molecule has 2 aliphatic rings. The molecule has 3 nitrogen and oxygen atoms in total. The Kier molecular flexibility index (Phi) is 3.62. The van der Waals surface area contributed by atoms with Crippen LogP contribution in [0, 0.1) is 5.41 Å². The molecule has 1 unspecified atom stereocenters. The van der Waals surface area contributed by atoms with Gasteiger partial charge in [-0.25, -0.2) is 0 Å². The van der Waals surface area contributed by atoms with Crippen LogP contribution in [0.5, 0.6) is 0 Å². The van der Waals surface area contributed by atoms with Crippen LogP contribution in [0.1, 0.15) is 35.2 Å². The molecule has 1 N–H and O–H groups in total. The molecule has 0 bridgehead atoms. The third kappa shape index (κ3) is 2.50. The Morgan fingerprint density at radius 1 is 1.30 bits per heavy atom. The number of likely N-dealkylation sites (tertiary alicyclic amines) is 1. The van der Waals surface area contributed by atoms with Gasteiger partial charge in [-0.05, 0) is 43.5 Å². The smallest absolute Gasteiger partial charge is 0.253 e. The highest BCUT2D eigenvalue weighted by Gasteiger charge is 2.40. The van der Waals surface area contributed by atoms with Crippen molar-refractivity contribution in [1.29, 1.82) is 0 Å². The lowest BCUT2D eigenvalue weighted by atomic mass is 9.80. The molecule has 2 aliphatic heterocycles. The Hall–Kier alpha value is -1.61. The van der Waals surface area contributed by atoms with E-state index in [2.05, 4.69) is 11.9 Å². The third-order valence-electron chi connectivity index (χ3n) is 4.68. The van der Waals surface area contributed by atoms with E-state index in [0.717, 1.165) is 43.7 Å². The van der Waals surface area contributed by atoms with Crippen molar-refractivity contribution in [2.45, 2.75) is 19.3 Å². The molecule has 1 spiro atoms. The summed E-state index contributed by atoms with van der Waals surface area (Å²) in [6.45, 7) is 7.72. The number of benzene rings is 1. The molecule has 1 amide bonds. The van der Waals surface area contributed by atoms with Crippen molar-refractivity contribution in [2.24, 2.45) is 5.41 Å². The topological polar surface area (TPSA) is 32.3 Å². The average molecular weight is 270 g/mol. The number of nitrogens with one attached hydrogen (secondary N) is 1. The summed E-state index contributed by atoms with van der Waals surface area (Å²) in [6.07, 6.45) is 5.42. The average Bonchev–Trinajstić information content (AvgIpc) is 2.91. The standard InChI is InChI=1S/C17H22N2O/c1-2-14-4-6-15(7-5-14)16(20)19-11-9-17(13-19)8-3-10-18-12-17/h2,4-7,18H,1,3,8-13H2. The van der Waals surface area contributed by atoms with Gasteiger partial charge in [0, 0.05) is 30.6 Å². The van der Waals surface area contributed by atoms with Gasteiger partial charge in [0.15, 0.2) is 0 Å². The van der Waals surface area contributed by atoms with Crippen LogP contribution < -0.4 is 5.32 Å². The van der Waals surface area contributed by atoms with Crippen molar-refractivity contribution in [3.8, 4) is 0 Å². The first-order valence-electron chi connectivity index (χ1n) is 7.45. The molecular formula is C17H22N2O. The van der Waals surface area contributed by atoms with E-state index in [1.54, 1.807) is 6.08 Å². The Morgan fingerprint density at radius 3 is 2.75 bits per heavy atom. The second-order valence-electron chi connectivity index (χ2n) is 6.08. The van der Waals surface area contributed by atoms with Gasteiger partial charge in [0.1, 0.15) is 0 Å². The summed E-state index contributed by atoms with van der Waals surface area (Å²) in [7, 11) is 0. The van der Waals surface area contributed by atoms with Crippen LogP contribution in [0.3, 0.4) is 0 Å². The molecule has 0 saturated carbocycles. The fourth-order valence-corrected chi connectivity index (χ4v) is 3.43. The Bertz CT molecular complexity index is 500. The lowest BCUT2D eigenvalue weighted by molar-refractivity contribution is 0.0764. The minimum atomic E-state index is 0.170. The quantitative estimate of drug-likeness (QED) is 0.895. The molecule has 106 valence electrons. The van der Waals surface area contributed by atoms with Gasteiger partial charge >= 0.3 is 0 Å². The van der Waals surface area contributed by atoms with E-state index in [1.807, 2.05) is 29.2 Å². The van der Waals surface area contributed by atoms with Crippen molar-refractivity contribution >= 4 is 12.0 Å². The Labute approximate surface area is 120 Å². The second-order valence-corrected chi connectivity index (χ2v) is 6.08. The highest BCUT2D eigenvalue weighted by Crippen LogP contribution is 2.36. The minimum absolute atomic E-state index is 0.170. The van der Waals surface area contributed by atoms with Gasteiger partial charge < -0.3 is 10.2 Å². The fourth-order valence-electron chi connectivity index (χ4n) is 3.43. The molecule has 0 aliphatic carbocycles. The Balaban J connectivity index is 1.70. The van der Waals surface area contributed by atoms with Crippen LogP contribution in [0.25, 0.3) is 6.08 Å². The molecule has 20 heavy (non-hydrogen) atoms. The highest BCUT2D eigenvalue weighted by atomic mass is 16.2. The van der Waals surface area contributed by atoms with E-state index in [0.29, 0.717) is 5.41 Å². The zero-order valence-electron chi connectivity index (χ0n) is 11.9. The maximum atomic E-state index is 12.6. The highest BCUT2D eigenvalue weighted by molar-refractivity contribution is 5.94. The van der Waals surface area contributed by atoms with Crippen LogP contribution in [-0.2, 0) is 0 Å². The second kappa shape index (κ2) is 5.41. The van der Waals surface area contributed by atoms with Crippen LogP contribution >= 0.6 is 0 Å². The largest absolute Gasteiger partial charge is 0.338 e. The van der Waals surface area contributed by atoms with Crippen LogP contribution in [0.4, 0.5) is 0 Å². The summed E-state index contributed by atoms with van der Waals surface area (Å²) in [4.78, 5) is 14.6. The summed E-state index contributed by atoms with van der Waals surface area (Å²) >= 11 is 0. The van der Waals surface area contributed by atoms with Crippen LogP contribution in [0.2, 0.25) is 0 Å². The van der Waals surface area contributed by atoms with E-state index >= 15 is 0 Å². The van der Waals surface area contributed by atoms with Crippen LogP contribution in [0.15, 0.2) is 30.8 Å². The van der Waals surface area contributed by atoms with Gasteiger partial charge in [0.05, 0.1) is 0 Å². The molecule has 0 radical (unpaired) electrons. The number of hydrogen-bond donors (Lipinski definition) is 1. The van der Waals surface area contributed by atoms with Crippen LogP contribution in [-0.4, -0.2) is 37.0 Å². The molecule has 3 rings (SSSR count). The number of nitrogens with zero attached hydrogens (tertiary/aromatic N) is 1. The van der Waals surface area contributed by atoms with E-state index in [-0.39, 0.29) is 5.91 Å². The van der Waals surface area contributed by atoms with Gasteiger partial charge in [-0.2, -0.15) is 0 Å². The molecule has 2 heterocycles. The van der Waals surface area contributed by atoms with Crippen molar-refractivity contribution in [2.75, 3.05) is 26.2 Å². The monoisotopic (exact) mass is 270 g/mol. The number of hydrogen-bond acceptors (Lipinski definition) is 2. The molecule has 2 saturated heterocycles. The SMILES string of the molecule is C=Cc1ccc(C(=O)N2CCC3(CCCNC3)C2)cc1. The van der Waals surface area contributed by atoms with Gasteiger partial charge in [-0.15, -0.1) is 0 Å². The van der Waals surface area contributed by atoms with Crippen molar-refractivity contribution in [1.82, 2.24) is 10.2 Å². The normalized spacial score (nSPS) is 25.9. The maximum absolute atomic E-state index is 12.6.